The van der Waals surface area contributed by atoms with Gasteiger partial charge in [-0.2, -0.15) is 0 Å². The Morgan fingerprint density at radius 3 is 3.20 bits per heavy atom. The van der Waals surface area contributed by atoms with E-state index in [1.165, 1.54) is 0 Å². The number of β-amino-alcohol motifs (C(OH)–C–C–N with tert-alkyl or cyclic N) is 1. The molecule has 58 valence electrons. The zero-order chi connectivity index (χ0) is 7.40. The molecule has 1 rings (SSSR count). The van der Waals surface area contributed by atoms with Crippen LogP contribution in [0.15, 0.2) is 4.99 Å². The molecule has 1 heterocycles. The van der Waals surface area contributed by atoms with Crippen molar-refractivity contribution in [2.45, 2.75) is 0 Å². The highest BCUT2D eigenvalue weighted by molar-refractivity contribution is 8.14. The van der Waals surface area contributed by atoms with Gasteiger partial charge in [0.15, 0.2) is 5.17 Å². The molecule has 1 N–H and O–H groups in total. The first-order valence-corrected chi connectivity index (χ1v) is 4.32. The Labute approximate surface area is 65.1 Å². The van der Waals surface area contributed by atoms with Crippen LogP contribution in [0, 0.1) is 0 Å². The Morgan fingerprint density at radius 2 is 2.60 bits per heavy atom. The van der Waals surface area contributed by atoms with Gasteiger partial charge in [-0.15, -0.1) is 0 Å². The smallest absolute Gasteiger partial charge is 0.159 e. The van der Waals surface area contributed by atoms with Crippen LogP contribution >= 0.6 is 11.8 Å². The molecule has 1 aliphatic heterocycles. The minimum atomic E-state index is 0.222. The third-order valence-electron chi connectivity index (χ3n) is 1.42. The Bertz CT molecular complexity index is 138. The van der Waals surface area contributed by atoms with E-state index in [2.05, 4.69) is 9.89 Å². The zero-order valence-corrected chi connectivity index (χ0v) is 6.89. The quantitative estimate of drug-likeness (QED) is 0.618. The van der Waals surface area contributed by atoms with E-state index in [9.17, 15) is 0 Å². The monoisotopic (exact) mass is 160 g/mol. The summed E-state index contributed by atoms with van der Waals surface area (Å²) in [6, 6.07) is 0. The SMILES string of the molecule is CN=C1SCCN1CCO. The summed E-state index contributed by atoms with van der Waals surface area (Å²) in [4.78, 5) is 6.18. The Hall–Kier alpha value is -0.220. The van der Waals surface area contributed by atoms with Gasteiger partial charge in [0.1, 0.15) is 0 Å². The average molecular weight is 160 g/mol. The van der Waals surface area contributed by atoms with Crippen LogP contribution in [0.3, 0.4) is 0 Å². The predicted octanol–water partition coefficient (Wildman–Crippen LogP) is 0.0133. The maximum Gasteiger partial charge on any atom is 0.159 e. The fourth-order valence-corrected chi connectivity index (χ4v) is 1.96. The number of hydrogen-bond acceptors (Lipinski definition) is 3. The lowest BCUT2D eigenvalue weighted by molar-refractivity contribution is 0.257. The van der Waals surface area contributed by atoms with Crippen molar-refractivity contribution in [1.29, 1.82) is 0 Å². The standard InChI is InChI=1S/C6H12N2OS/c1-7-6-8(2-4-9)3-5-10-6/h9H,2-5H2,1H3. The third-order valence-corrected chi connectivity index (χ3v) is 2.51. The van der Waals surface area contributed by atoms with Crippen molar-refractivity contribution in [2.75, 3.05) is 32.5 Å². The summed E-state index contributed by atoms with van der Waals surface area (Å²) in [7, 11) is 1.79. The van der Waals surface area contributed by atoms with Crippen LogP contribution in [-0.2, 0) is 0 Å². The number of thioether (sulfide) groups is 1. The van der Waals surface area contributed by atoms with Crippen molar-refractivity contribution >= 4 is 16.9 Å². The zero-order valence-electron chi connectivity index (χ0n) is 6.08. The first kappa shape index (κ1) is 7.88. The second kappa shape index (κ2) is 3.83. The first-order valence-electron chi connectivity index (χ1n) is 3.34. The molecule has 0 bridgehead atoms. The molecule has 1 saturated heterocycles. The lowest BCUT2D eigenvalue weighted by Gasteiger charge is -2.14. The van der Waals surface area contributed by atoms with E-state index in [1.807, 2.05) is 0 Å². The lowest BCUT2D eigenvalue weighted by Crippen LogP contribution is -2.27. The van der Waals surface area contributed by atoms with E-state index < -0.39 is 0 Å². The summed E-state index contributed by atoms with van der Waals surface area (Å²) >= 11 is 1.76. The molecule has 0 aliphatic carbocycles. The Morgan fingerprint density at radius 1 is 1.80 bits per heavy atom. The maximum absolute atomic E-state index is 8.63. The molecule has 0 aromatic heterocycles. The van der Waals surface area contributed by atoms with Crippen molar-refractivity contribution in [3.63, 3.8) is 0 Å². The van der Waals surface area contributed by atoms with Crippen LogP contribution in [0.25, 0.3) is 0 Å². The summed E-state index contributed by atoms with van der Waals surface area (Å²) < 4.78 is 0. The van der Waals surface area contributed by atoms with Crippen molar-refractivity contribution in [3.8, 4) is 0 Å². The second-order valence-corrected chi connectivity index (χ2v) is 3.13. The largest absolute Gasteiger partial charge is 0.395 e. The second-order valence-electron chi connectivity index (χ2n) is 2.07. The molecule has 0 saturated carbocycles. The van der Waals surface area contributed by atoms with Crippen molar-refractivity contribution < 1.29 is 5.11 Å². The van der Waals surface area contributed by atoms with E-state index in [-0.39, 0.29) is 6.61 Å². The Kier molecular flexibility index (Phi) is 3.02. The molecule has 3 nitrogen and oxygen atoms in total. The van der Waals surface area contributed by atoms with Gasteiger partial charge in [0.2, 0.25) is 0 Å². The number of nitrogens with zero attached hydrogens (tertiary/aromatic N) is 2. The number of aliphatic imine (C=N–C) groups is 1. The third kappa shape index (κ3) is 1.64. The van der Waals surface area contributed by atoms with Gasteiger partial charge >= 0.3 is 0 Å². The number of hydrogen-bond donors (Lipinski definition) is 1. The molecule has 0 amide bonds. The highest BCUT2D eigenvalue weighted by Crippen LogP contribution is 2.16. The van der Waals surface area contributed by atoms with E-state index in [1.54, 1.807) is 18.8 Å². The highest BCUT2D eigenvalue weighted by Gasteiger charge is 2.16. The molecule has 1 aliphatic rings. The first-order chi connectivity index (χ1) is 4.88. The molecule has 0 spiro atoms. The summed E-state index contributed by atoms with van der Waals surface area (Å²) in [5, 5.41) is 9.70. The van der Waals surface area contributed by atoms with E-state index in [0.29, 0.717) is 0 Å². The predicted molar refractivity (Wildman–Crippen MR) is 44.5 cm³/mol. The lowest BCUT2D eigenvalue weighted by atomic mass is 10.5. The molecule has 10 heavy (non-hydrogen) atoms. The van der Waals surface area contributed by atoms with Gasteiger partial charge in [0, 0.05) is 25.9 Å². The summed E-state index contributed by atoms with van der Waals surface area (Å²) in [6.45, 7) is 1.97. The summed E-state index contributed by atoms with van der Waals surface area (Å²) in [6.07, 6.45) is 0. The van der Waals surface area contributed by atoms with Crippen LogP contribution in [-0.4, -0.2) is 47.7 Å². The van der Waals surface area contributed by atoms with E-state index in [4.69, 9.17) is 5.11 Å². The van der Waals surface area contributed by atoms with Crippen LogP contribution in [0.1, 0.15) is 0 Å². The van der Waals surface area contributed by atoms with Crippen LogP contribution in [0.5, 0.6) is 0 Å². The van der Waals surface area contributed by atoms with E-state index in [0.717, 1.165) is 24.0 Å². The van der Waals surface area contributed by atoms with Gasteiger partial charge in [-0.3, -0.25) is 4.99 Å². The topological polar surface area (TPSA) is 35.8 Å². The molecule has 0 atom stereocenters. The molecule has 4 heteroatoms. The van der Waals surface area contributed by atoms with Gasteiger partial charge < -0.3 is 10.0 Å². The fourth-order valence-electron chi connectivity index (χ4n) is 0.968. The van der Waals surface area contributed by atoms with Gasteiger partial charge in [-0.05, 0) is 0 Å². The van der Waals surface area contributed by atoms with Gasteiger partial charge in [0.25, 0.3) is 0 Å². The molecule has 0 aromatic carbocycles. The molecule has 0 aromatic rings. The van der Waals surface area contributed by atoms with Crippen molar-refractivity contribution in [3.05, 3.63) is 0 Å². The van der Waals surface area contributed by atoms with Crippen LogP contribution in [0.2, 0.25) is 0 Å². The highest BCUT2D eigenvalue weighted by atomic mass is 32.2. The van der Waals surface area contributed by atoms with Gasteiger partial charge in [0.05, 0.1) is 6.61 Å². The summed E-state index contributed by atoms with van der Waals surface area (Å²) in [5.41, 5.74) is 0. The molecule has 0 unspecified atom stereocenters. The maximum atomic E-state index is 8.63. The molecular weight excluding hydrogens is 148 g/mol. The Balaban J connectivity index is 2.42. The van der Waals surface area contributed by atoms with Gasteiger partial charge in [-0.25, -0.2) is 0 Å². The van der Waals surface area contributed by atoms with Gasteiger partial charge in [-0.1, -0.05) is 11.8 Å². The molecule has 1 fully saturated rings. The average Bonchev–Trinajstić information content (AvgIpc) is 2.36. The number of rotatable bonds is 2. The number of aliphatic hydroxyl groups excluding tert-OH is 1. The molecule has 0 radical (unpaired) electrons. The number of amidine groups is 1. The normalized spacial score (nSPS) is 22.6. The summed E-state index contributed by atoms with van der Waals surface area (Å²) in [5.74, 6) is 1.10. The van der Waals surface area contributed by atoms with Crippen molar-refractivity contribution in [2.24, 2.45) is 4.99 Å². The number of aliphatic hydroxyl groups is 1. The van der Waals surface area contributed by atoms with E-state index >= 15 is 0 Å². The van der Waals surface area contributed by atoms with Crippen LogP contribution in [0.4, 0.5) is 0 Å². The minimum Gasteiger partial charge on any atom is -0.395 e. The van der Waals surface area contributed by atoms with Crippen LogP contribution < -0.4 is 0 Å². The molecular formula is C6H12N2OS. The van der Waals surface area contributed by atoms with Crippen molar-refractivity contribution in [1.82, 2.24) is 4.90 Å². The minimum absolute atomic E-state index is 0.222. The fraction of sp³-hybridized carbons (Fsp3) is 0.833.